The van der Waals surface area contributed by atoms with Gasteiger partial charge in [0.1, 0.15) is 10.6 Å². The molecule has 3 rings (SSSR count). The molecule has 0 amide bonds. The van der Waals surface area contributed by atoms with E-state index in [-0.39, 0.29) is 32.0 Å². The van der Waals surface area contributed by atoms with Crippen LogP contribution in [0.5, 0.6) is 5.75 Å². The summed E-state index contributed by atoms with van der Waals surface area (Å²) >= 11 is 1.34. The van der Waals surface area contributed by atoms with Crippen molar-refractivity contribution in [3.05, 3.63) is 52.2 Å². The van der Waals surface area contributed by atoms with Crippen LogP contribution in [0.15, 0.2) is 42.5 Å². The van der Waals surface area contributed by atoms with Gasteiger partial charge >= 0.3 is 5.97 Å². The van der Waals surface area contributed by atoms with Crippen molar-refractivity contribution >= 4 is 17.3 Å². The zero-order valence-corrected chi connectivity index (χ0v) is 20.5. The van der Waals surface area contributed by atoms with E-state index in [0.717, 1.165) is 4.88 Å². The van der Waals surface area contributed by atoms with Crippen molar-refractivity contribution in [2.75, 3.05) is 19.8 Å². The molecule has 6 nitrogen and oxygen atoms in total. The summed E-state index contributed by atoms with van der Waals surface area (Å²) in [5, 5.41) is 29.6. The van der Waals surface area contributed by atoms with Crippen LogP contribution in [0.3, 0.4) is 0 Å². The Morgan fingerprint density at radius 3 is 2.46 bits per heavy atom. The fourth-order valence-electron chi connectivity index (χ4n) is 4.57. The van der Waals surface area contributed by atoms with Crippen molar-refractivity contribution in [2.45, 2.75) is 63.1 Å². The fourth-order valence-corrected chi connectivity index (χ4v) is 5.51. The Morgan fingerprint density at radius 1 is 1.03 bits per heavy atom. The van der Waals surface area contributed by atoms with Gasteiger partial charge in [-0.3, -0.25) is 0 Å². The van der Waals surface area contributed by atoms with Crippen LogP contribution >= 0.6 is 11.3 Å². The first-order valence-corrected chi connectivity index (χ1v) is 12.9. The van der Waals surface area contributed by atoms with Gasteiger partial charge in [0, 0.05) is 24.3 Å². The number of rotatable bonds is 14. The molecule has 0 bridgehead atoms. The summed E-state index contributed by atoms with van der Waals surface area (Å²) in [7, 11) is 0. The molecule has 0 radical (unpaired) electrons. The first-order chi connectivity index (χ1) is 16.8. The third-order valence-corrected chi connectivity index (χ3v) is 7.54. The highest BCUT2D eigenvalue weighted by molar-refractivity contribution is 7.13. The molecule has 1 aromatic carbocycles. The van der Waals surface area contributed by atoms with Crippen LogP contribution in [0.2, 0.25) is 0 Å². The summed E-state index contributed by atoms with van der Waals surface area (Å²) in [5.74, 6) is -3.71. The largest absolute Gasteiger partial charge is 0.487 e. The van der Waals surface area contributed by atoms with Gasteiger partial charge in [-0.05, 0) is 68.2 Å². The van der Waals surface area contributed by atoms with Crippen LogP contribution in [0.25, 0.3) is 0 Å². The molecule has 3 N–H and O–H groups in total. The van der Waals surface area contributed by atoms with Crippen LogP contribution in [0.1, 0.15) is 53.1 Å². The molecular weight excluding hydrogens is 478 g/mol. The minimum atomic E-state index is -3.03. The average Bonchev–Trinajstić information content (AvgIpc) is 3.41. The number of aliphatic hydroxyl groups is 3. The average molecular weight is 513 g/mol. The van der Waals surface area contributed by atoms with E-state index >= 15 is 0 Å². The van der Waals surface area contributed by atoms with Gasteiger partial charge < -0.3 is 24.8 Å². The van der Waals surface area contributed by atoms with Gasteiger partial charge in [-0.15, -0.1) is 11.3 Å². The van der Waals surface area contributed by atoms with Crippen LogP contribution in [-0.2, 0) is 11.2 Å². The lowest BCUT2D eigenvalue weighted by molar-refractivity contribution is -0.0570. The molecule has 1 fully saturated rings. The maximum absolute atomic E-state index is 14.4. The molecule has 1 aromatic heterocycles. The van der Waals surface area contributed by atoms with E-state index in [2.05, 4.69) is 0 Å². The molecule has 0 spiro atoms. The van der Waals surface area contributed by atoms with E-state index in [4.69, 9.17) is 14.6 Å². The summed E-state index contributed by atoms with van der Waals surface area (Å²) < 4.78 is 39.2. The highest BCUT2D eigenvalue weighted by Gasteiger charge is 2.43. The molecule has 1 aliphatic carbocycles. The summed E-state index contributed by atoms with van der Waals surface area (Å²) in [6.45, 7) is -0.593. The van der Waals surface area contributed by atoms with Gasteiger partial charge in [0.15, 0.2) is 6.61 Å². The molecule has 2 aromatic rings. The van der Waals surface area contributed by atoms with Gasteiger partial charge in [-0.1, -0.05) is 18.2 Å². The van der Waals surface area contributed by atoms with Crippen LogP contribution in [-0.4, -0.2) is 59.2 Å². The molecule has 35 heavy (non-hydrogen) atoms. The highest BCUT2D eigenvalue weighted by Crippen LogP contribution is 2.40. The molecule has 1 heterocycles. The third-order valence-electron chi connectivity index (χ3n) is 6.42. The molecule has 9 heteroatoms. The number of hydrogen-bond donors (Lipinski definition) is 3. The first-order valence-electron chi connectivity index (χ1n) is 12.1. The number of carbonyl (C=O) groups excluding carboxylic acids is 1. The second-order valence-electron chi connectivity index (χ2n) is 9.07. The number of para-hydroxylation sites is 1. The maximum Gasteiger partial charge on any atom is 0.348 e. The molecule has 0 aliphatic heterocycles. The lowest BCUT2D eigenvalue weighted by Gasteiger charge is -2.25. The number of carbonyl (C=O) groups is 1. The Morgan fingerprint density at radius 2 is 1.74 bits per heavy atom. The predicted octanol–water partition coefficient (Wildman–Crippen LogP) is 4.46. The summed E-state index contributed by atoms with van der Waals surface area (Å²) in [5.41, 5.74) is 0. The topological polar surface area (TPSA) is 96.2 Å². The summed E-state index contributed by atoms with van der Waals surface area (Å²) in [6.07, 6.45) is 0.751. The van der Waals surface area contributed by atoms with E-state index in [0.29, 0.717) is 36.3 Å². The number of aryl methyl sites for hydroxylation is 1. The lowest BCUT2D eigenvalue weighted by atomic mass is 9.85. The smallest absolute Gasteiger partial charge is 0.348 e. The molecular formula is C26H34F2O6S. The lowest BCUT2D eigenvalue weighted by Crippen LogP contribution is -2.29. The standard InChI is InChI=1S/C26H34F2O6S/c27-26(28,17-34-18-6-2-1-3-7-18)13-12-21-20(22(30)16-23(21)31)9-4-8-19-10-11-24(35-19)25(32)33-15-5-14-29/h1-3,6-7,10-11,20-23,29-31H,4-5,8-9,12-17H2/t20-,21-,22+,23-/m1/s1. The molecule has 4 atom stereocenters. The van der Waals surface area contributed by atoms with Gasteiger partial charge in [0.25, 0.3) is 5.92 Å². The minimum Gasteiger partial charge on any atom is -0.487 e. The van der Waals surface area contributed by atoms with Gasteiger partial charge in [0.05, 0.1) is 18.8 Å². The molecule has 194 valence electrons. The minimum absolute atomic E-state index is 0.0369. The zero-order valence-electron chi connectivity index (χ0n) is 19.7. The number of aliphatic hydroxyl groups excluding tert-OH is 3. The van der Waals surface area contributed by atoms with E-state index < -0.39 is 43.0 Å². The quantitative estimate of drug-likeness (QED) is 0.256. The normalized spacial score (nSPS) is 22.3. The van der Waals surface area contributed by atoms with Crippen LogP contribution in [0, 0.1) is 11.8 Å². The van der Waals surface area contributed by atoms with E-state index in [1.54, 1.807) is 36.4 Å². The third kappa shape index (κ3) is 8.52. The van der Waals surface area contributed by atoms with E-state index in [1.165, 1.54) is 11.3 Å². The number of ether oxygens (including phenoxy) is 2. The second kappa shape index (κ2) is 13.3. The zero-order chi connectivity index (χ0) is 25.3. The van der Waals surface area contributed by atoms with E-state index in [1.807, 2.05) is 6.07 Å². The summed E-state index contributed by atoms with van der Waals surface area (Å²) in [4.78, 5) is 13.5. The van der Waals surface area contributed by atoms with Crippen LogP contribution < -0.4 is 4.74 Å². The Bertz CT molecular complexity index is 906. The Kier molecular flexibility index (Phi) is 10.5. The number of halogens is 2. The number of benzene rings is 1. The van der Waals surface area contributed by atoms with Crippen molar-refractivity contribution in [1.82, 2.24) is 0 Å². The first kappa shape index (κ1) is 27.5. The van der Waals surface area contributed by atoms with Crippen LogP contribution in [0.4, 0.5) is 8.78 Å². The Labute approximate surface area is 208 Å². The molecule has 1 saturated carbocycles. The van der Waals surface area contributed by atoms with Crippen molar-refractivity contribution in [1.29, 1.82) is 0 Å². The Balaban J connectivity index is 1.45. The number of esters is 1. The molecule has 0 unspecified atom stereocenters. The van der Waals surface area contributed by atoms with Crippen molar-refractivity contribution in [3.63, 3.8) is 0 Å². The van der Waals surface area contributed by atoms with Crippen molar-refractivity contribution in [2.24, 2.45) is 11.8 Å². The monoisotopic (exact) mass is 512 g/mol. The number of alkyl halides is 2. The summed E-state index contributed by atoms with van der Waals surface area (Å²) in [6, 6.07) is 12.0. The van der Waals surface area contributed by atoms with Gasteiger partial charge in [0.2, 0.25) is 0 Å². The highest BCUT2D eigenvalue weighted by atomic mass is 32.1. The number of thiophene rings is 1. The second-order valence-corrected chi connectivity index (χ2v) is 10.2. The number of hydrogen-bond acceptors (Lipinski definition) is 7. The van der Waals surface area contributed by atoms with Gasteiger partial charge in [-0.2, -0.15) is 0 Å². The maximum atomic E-state index is 14.4. The van der Waals surface area contributed by atoms with Crippen molar-refractivity contribution in [3.8, 4) is 5.75 Å². The van der Waals surface area contributed by atoms with Gasteiger partial charge in [-0.25, -0.2) is 13.6 Å². The fraction of sp³-hybridized carbons (Fsp3) is 0.577. The Hall–Kier alpha value is -2.07. The molecule has 0 saturated heterocycles. The molecule has 1 aliphatic rings. The van der Waals surface area contributed by atoms with E-state index in [9.17, 15) is 23.8 Å². The predicted molar refractivity (Wildman–Crippen MR) is 129 cm³/mol. The van der Waals surface area contributed by atoms with Crippen molar-refractivity contribution < 1.29 is 38.4 Å². The SMILES string of the molecule is O=C(OCCCO)c1ccc(CCC[C@@H]2[C@@H](CCC(F)(F)COc3ccccc3)[C@H](O)C[C@@H]2O)s1.